The summed E-state index contributed by atoms with van der Waals surface area (Å²) >= 11 is 0. The van der Waals surface area contributed by atoms with Gasteiger partial charge in [-0.25, -0.2) is 4.79 Å². The van der Waals surface area contributed by atoms with Crippen molar-refractivity contribution in [2.75, 3.05) is 12.4 Å². The summed E-state index contributed by atoms with van der Waals surface area (Å²) in [5.41, 5.74) is 2.00. The van der Waals surface area contributed by atoms with Crippen LogP contribution >= 0.6 is 0 Å². The summed E-state index contributed by atoms with van der Waals surface area (Å²) in [7, 11) is 1.34. The second-order valence-corrected chi connectivity index (χ2v) is 6.31. The third-order valence-corrected chi connectivity index (χ3v) is 3.48. The maximum absolute atomic E-state index is 12.0. The highest BCUT2D eigenvalue weighted by Crippen LogP contribution is 2.23. The molecule has 0 saturated carbocycles. The van der Waals surface area contributed by atoms with Crippen molar-refractivity contribution in [1.29, 1.82) is 0 Å². The number of methoxy groups -OCH3 is 1. The second kappa shape index (κ2) is 7.82. The summed E-state index contributed by atoms with van der Waals surface area (Å²) in [5.74, 6) is -0.332. The normalized spacial score (nSPS) is 12.4. The van der Waals surface area contributed by atoms with Crippen molar-refractivity contribution in [1.82, 2.24) is 5.32 Å². The predicted octanol–water partition coefficient (Wildman–Crippen LogP) is 3.45. The van der Waals surface area contributed by atoms with Crippen molar-refractivity contribution in [3.63, 3.8) is 0 Å². The van der Waals surface area contributed by atoms with Gasteiger partial charge in [0.15, 0.2) is 0 Å². The molecular formula is C17H26N2O3. The Morgan fingerprint density at radius 1 is 1.18 bits per heavy atom. The number of ether oxygens (including phenoxy) is 1. The van der Waals surface area contributed by atoms with Crippen LogP contribution in [0.2, 0.25) is 0 Å². The van der Waals surface area contributed by atoms with E-state index in [4.69, 9.17) is 0 Å². The smallest absolute Gasteiger partial charge is 0.319 e. The quantitative estimate of drug-likeness (QED) is 0.819. The van der Waals surface area contributed by atoms with Crippen molar-refractivity contribution in [2.45, 2.75) is 52.0 Å². The SMILES string of the molecule is CCC(CC(=O)OC)NC(=O)Nc1ccc(C(C)(C)C)cc1. The lowest BCUT2D eigenvalue weighted by atomic mass is 9.87. The molecule has 0 aliphatic carbocycles. The highest BCUT2D eigenvalue weighted by Gasteiger charge is 2.16. The molecule has 0 heterocycles. The van der Waals surface area contributed by atoms with Gasteiger partial charge < -0.3 is 15.4 Å². The summed E-state index contributed by atoms with van der Waals surface area (Å²) in [5, 5.41) is 5.55. The Balaban J connectivity index is 2.59. The Kier molecular flexibility index (Phi) is 6.40. The molecule has 0 bridgehead atoms. The number of anilines is 1. The summed E-state index contributed by atoms with van der Waals surface area (Å²) < 4.78 is 4.62. The molecule has 1 atom stereocenters. The Morgan fingerprint density at radius 3 is 2.23 bits per heavy atom. The second-order valence-electron chi connectivity index (χ2n) is 6.31. The summed E-state index contributed by atoms with van der Waals surface area (Å²) in [6, 6.07) is 7.20. The number of urea groups is 1. The lowest BCUT2D eigenvalue weighted by Crippen LogP contribution is -2.39. The fraction of sp³-hybridized carbons (Fsp3) is 0.529. The number of hydrogen-bond donors (Lipinski definition) is 2. The zero-order chi connectivity index (χ0) is 16.8. The van der Waals surface area contributed by atoms with Crippen molar-refractivity contribution in [3.05, 3.63) is 29.8 Å². The van der Waals surface area contributed by atoms with E-state index in [0.717, 1.165) is 5.69 Å². The molecule has 0 fully saturated rings. The van der Waals surface area contributed by atoms with Crippen LogP contribution < -0.4 is 10.6 Å². The number of rotatable bonds is 5. The largest absolute Gasteiger partial charge is 0.469 e. The molecule has 0 radical (unpaired) electrons. The van der Waals surface area contributed by atoms with Gasteiger partial charge in [-0.15, -0.1) is 0 Å². The first kappa shape index (κ1) is 18.0. The highest BCUT2D eigenvalue weighted by molar-refractivity contribution is 5.89. The van der Waals surface area contributed by atoms with Gasteiger partial charge in [0.2, 0.25) is 0 Å². The van der Waals surface area contributed by atoms with E-state index in [0.29, 0.717) is 6.42 Å². The van der Waals surface area contributed by atoms with Crippen molar-refractivity contribution in [3.8, 4) is 0 Å². The summed E-state index contributed by atoms with van der Waals surface area (Å²) in [6.45, 7) is 8.33. The van der Waals surface area contributed by atoms with Crippen LogP contribution in [0, 0.1) is 0 Å². The molecule has 1 aromatic rings. The highest BCUT2D eigenvalue weighted by atomic mass is 16.5. The number of carbonyl (C=O) groups excluding carboxylic acids is 2. The molecule has 22 heavy (non-hydrogen) atoms. The molecule has 5 nitrogen and oxygen atoms in total. The van der Waals surface area contributed by atoms with Gasteiger partial charge in [0.25, 0.3) is 0 Å². The van der Waals surface area contributed by atoms with E-state index >= 15 is 0 Å². The molecule has 1 unspecified atom stereocenters. The standard InChI is InChI=1S/C17H26N2O3/c1-6-13(11-15(20)22-5)18-16(21)19-14-9-7-12(8-10-14)17(2,3)4/h7-10,13H,6,11H2,1-5H3,(H2,18,19,21). The molecule has 122 valence electrons. The maximum atomic E-state index is 12.0. The first-order valence-corrected chi connectivity index (χ1v) is 7.51. The summed E-state index contributed by atoms with van der Waals surface area (Å²) in [6.07, 6.45) is 0.828. The molecule has 0 spiro atoms. The number of hydrogen-bond acceptors (Lipinski definition) is 3. The van der Waals surface area contributed by atoms with Crippen LogP contribution in [0.25, 0.3) is 0 Å². The van der Waals surface area contributed by atoms with E-state index < -0.39 is 0 Å². The minimum Gasteiger partial charge on any atom is -0.469 e. The number of benzene rings is 1. The van der Waals surface area contributed by atoms with Crippen molar-refractivity contribution in [2.24, 2.45) is 0 Å². The van der Waals surface area contributed by atoms with E-state index in [1.165, 1.54) is 12.7 Å². The molecule has 2 N–H and O–H groups in total. The molecule has 1 rings (SSSR count). The van der Waals surface area contributed by atoms with E-state index in [9.17, 15) is 9.59 Å². The first-order chi connectivity index (χ1) is 10.3. The van der Waals surface area contributed by atoms with Crippen LogP contribution in [0.5, 0.6) is 0 Å². The predicted molar refractivity (Wildman–Crippen MR) is 88.0 cm³/mol. The number of carbonyl (C=O) groups is 2. The van der Waals surface area contributed by atoms with Gasteiger partial charge >= 0.3 is 12.0 Å². The summed E-state index contributed by atoms with van der Waals surface area (Å²) in [4.78, 5) is 23.2. The average Bonchev–Trinajstić information content (AvgIpc) is 2.45. The molecular weight excluding hydrogens is 280 g/mol. The number of nitrogens with one attached hydrogen (secondary N) is 2. The Labute approximate surface area is 132 Å². The Bertz CT molecular complexity index is 504. The van der Waals surface area contributed by atoms with E-state index in [1.807, 2.05) is 31.2 Å². The van der Waals surface area contributed by atoms with Crippen LogP contribution in [-0.2, 0) is 14.9 Å². The van der Waals surface area contributed by atoms with Gasteiger partial charge in [-0.1, -0.05) is 39.8 Å². The molecule has 2 amide bonds. The zero-order valence-corrected chi connectivity index (χ0v) is 14.0. The third-order valence-electron chi connectivity index (χ3n) is 3.48. The van der Waals surface area contributed by atoms with Crippen LogP contribution in [-0.4, -0.2) is 25.2 Å². The fourth-order valence-electron chi connectivity index (χ4n) is 1.99. The van der Waals surface area contributed by atoms with Crippen LogP contribution in [0.15, 0.2) is 24.3 Å². The Hall–Kier alpha value is -2.04. The number of amides is 2. The van der Waals surface area contributed by atoms with Gasteiger partial charge in [-0.2, -0.15) is 0 Å². The molecule has 0 aromatic heterocycles. The Morgan fingerprint density at radius 2 is 1.77 bits per heavy atom. The molecule has 5 heteroatoms. The third kappa shape index (κ3) is 5.76. The van der Waals surface area contributed by atoms with Crippen LogP contribution in [0.1, 0.15) is 46.1 Å². The van der Waals surface area contributed by atoms with Crippen LogP contribution in [0.4, 0.5) is 10.5 Å². The first-order valence-electron chi connectivity index (χ1n) is 7.51. The lowest BCUT2D eigenvalue weighted by Gasteiger charge is -2.20. The van der Waals surface area contributed by atoms with E-state index in [2.05, 4.69) is 36.1 Å². The molecule has 0 saturated heterocycles. The lowest BCUT2D eigenvalue weighted by molar-refractivity contribution is -0.141. The number of esters is 1. The molecule has 0 aliphatic rings. The van der Waals surface area contributed by atoms with Gasteiger partial charge in [0, 0.05) is 11.7 Å². The van der Waals surface area contributed by atoms with Gasteiger partial charge in [-0.3, -0.25) is 4.79 Å². The van der Waals surface area contributed by atoms with Gasteiger partial charge in [-0.05, 0) is 29.5 Å². The van der Waals surface area contributed by atoms with Gasteiger partial charge in [0.1, 0.15) is 0 Å². The van der Waals surface area contributed by atoms with E-state index in [-0.39, 0.29) is 29.9 Å². The van der Waals surface area contributed by atoms with Crippen LogP contribution in [0.3, 0.4) is 0 Å². The topological polar surface area (TPSA) is 67.4 Å². The van der Waals surface area contributed by atoms with E-state index in [1.54, 1.807) is 0 Å². The van der Waals surface area contributed by atoms with Crippen molar-refractivity contribution >= 4 is 17.7 Å². The zero-order valence-electron chi connectivity index (χ0n) is 14.0. The monoisotopic (exact) mass is 306 g/mol. The minimum absolute atomic E-state index is 0.0780. The molecule has 0 aliphatic heterocycles. The molecule has 1 aromatic carbocycles. The minimum atomic E-state index is -0.332. The average molecular weight is 306 g/mol. The maximum Gasteiger partial charge on any atom is 0.319 e. The van der Waals surface area contributed by atoms with Crippen molar-refractivity contribution < 1.29 is 14.3 Å². The fourth-order valence-corrected chi connectivity index (χ4v) is 1.99. The van der Waals surface area contributed by atoms with Gasteiger partial charge in [0.05, 0.1) is 13.5 Å².